The zero-order valence-corrected chi connectivity index (χ0v) is 17.8. The van der Waals surface area contributed by atoms with E-state index >= 15 is 0 Å². The molecule has 1 fully saturated rings. The van der Waals surface area contributed by atoms with Crippen molar-refractivity contribution in [3.05, 3.63) is 62.7 Å². The van der Waals surface area contributed by atoms with Gasteiger partial charge in [0.25, 0.3) is 17.5 Å². The fourth-order valence-electron chi connectivity index (χ4n) is 2.95. The van der Waals surface area contributed by atoms with Crippen LogP contribution in [0.1, 0.15) is 18.9 Å². The minimum absolute atomic E-state index is 0.0652. The van der Waals surface area contributed by atoms with Gasteiger partial charge in [-0.25, -0.2) is 9.69 Å². The normalized spacial score (nSPS) is 15.0. The number of carbonyl (C=O) groups is 3. The summed E-state index contributed by atoms with van der Waals surface area (Å²) in [5.41, 5.74) is -0.108. The molecule has 0 spiro atoms. The van der Waals surface area contributed by atoms with Crippen LogP contribution in [0.3, 0.4) is 0 Å². The molecule has 0 radical (unpaired) electrons. The zero-order chi connectivity index (χ0) is 23.4. The topological polar surface area (TPSA) is 128 Å². The monoisotopic (exact) mass is 459 g/mol. The van der Waals surface area contributed by atoms with Gasteiger partial charge in [-0.05, 0) is 42.3 Å². The molecule has 2 aromatic carbocycles. The number of hydrogen-bond donors (Lipinski definition) is 1. The average Bonchev–Trinajstić information content (AvgIpc) is 2.75. The van der Waals surface area contributed by atoms with E-state index in [4.69, 9.17) is 21.1 Å². The summed E-state index contributed by atoms with van der Waals surface area (Å²) in [5, 5.41) is 13.1. The second-order valence-electron chi connectivity index (χ2n) is 6.61. The van der Waals surface area contributed by atoms with Gasteiger partial charge in [0.05, 0.1) is 29.4 Å². The van der Waals surface area contributed by atoms with E-state index in [0.717, 1.165) is 18.6 Å². The van der Waals surface area contributed by atoms with Crippen LogP contribution in [0.15, 0.2) is 42.0 Å². The molecule has 0 bridgehead atoms. The van der Waals surface area contributed by atoms with Crippen molar-refractivity contribution in [1.82, 2.24) is 5.32 Å². The number of rotatable bonds is 7. The maximum absolute atomic E-state index is 13.0. The number of halogens is 1. The molecule has 0 aromatic heterocycles. The molecule has 1 aliphatic rings. The molecular weight excluding hydrogens is 442 g/mol. The SMILES string of the molecule is CCCOc1c(Cl)cc(/C=C2\C(=O)NC(=O)N(c3ccc([N+](=O)[O-])cc3)C2=O)cc1OC. The van der Waals surface area contributed by atoms with Crippen LogP contribution in [0.4, 0.5) is 16.2 Å². The van der Waals surface area contributed by atoms with Crippen LogP contribution in [-0.4, -0.2) is 36.5 Å². The van der Waals surface area contributed by atoms with E-state index in [0.29, 0.717) is 28.6 Å². The zero-order valence-electron chi connectivity index (χ0n) is 17.1. The lowest BCUT2D eigenvalue weighted by Gasteiger charge is -2.26. The van der Waals surface area contributed by atoms with Crippen LogP contribution >= 0.6 is 11.6 Å². The van der Waals surface area contributed by atoms with E-state index in [1.165, 1.54) is 37.5 Å². The van der Waals surface area contributed by atoms with Crippen molar-refractivity contribution >= 4 is 46.9 Å². The molecule has 1 aliphatic heterocycles. The van der Waals surface area contributed by atoms with Crippen LogP contribution < -0.4 is 19.7 Å². The molecule has 32 heavy (non-hydrogen) atoms. The number of nitrogens with one attached hydrogen (secondary N) is 1. The summed E-state index contributed by atoms with van der Waals surface area (Å²) in [6.07, 6.45) is 2.02. The lowest BCUT2D eigenvalue weighted by atomic mass is 10.1. The highest BCUT2D eigenvalue weighted by Gasteiger charge is 2.37. The van der Waals surface area contributed by atoms with Crippen LogP contribution in [0, 0.1) is 10.1 Å². The highest BCUT2D eigenvalue weighted by molar-refractivity contribution is 6.39. The van der Waals surface area contributed by atoms with E-state index in [2.05, 4.69) is 5.32 Å². The number of nitro groups is 1. The van der Waals surface area contributed by atoms with Crippen molar-refractivity contribution in [2.45, 2.75) is 13.3 Å². The van der Waals surface area contributed by atoms with Gasteiger partial charge in [-0.15, -0.1) is 0 Å². The Morgan fingerprint density at radius 2 is 1.88 bits per heavy atom. The third-order valence-corrected chi connectivity index (χ3v) is 4.71. The fourth-order valence-corrected chi connectivity index (χ4v) is 3.22. The molecule has 3 rings (SSSR count). The Labute approximate surface area is 187 Å². The van der Waals surface area contributed by atoms with Crippen molar-refractivity contribution < 1.29 is 28.8 Å². The summed E-state index contributed by atoms with van der Waals surface area (Å²) < 4.78 is 10.9. The minimum atomic E-state index is -0.968. The van der Waals surface area contributed by atoms with E-state index in [-0.39, 0.29) is 22.0 Å². The molecule has 1 heterocycles. The van der Waals surface area contributed by atoms with Gasteiger partial charge in [0.2, 0.25) is 0 Å². The van der Waals surface area contributed by atoms with Crippen molar-refractivity contribution in [3.63, 3.8) is 0 Å². The van der Waals surface area contributed by atoms with E-state index in [1.54, 1.807) is 0 Å². The average molecular weight is 460 g/mol. The number of hydrogen-bond acceptors (Lipinski definition) is 7. The summed E-state index contributed by atoms with van der Waals surface area (Å²) in [4.78, 5) is 48.6. The summed E-state index contributed by atoms with van der Waals surface area (Å²) >= 11 is 6.29. The minimum Gasteiger partial charge on any atom is -0.493 e. The summed E-state index contributed by atoms with van der Waals surface area (Å²) in [6, 6.07) is 6.84. The first-order valence-corrected chi connectivity index (χ1v) is 9.80. The second-order valence-corrected chi connectivity index (χ2v) is 7.02. The number of nitrogens with zero attached hydrogens (tertiary/aromatic N) is 2. The molecular formula is C21H18ClN3O7. The predicted octanol–water partition coefficient (Wildman–Crippen LogP) is 3.71. The molecule has 1 saturated heterocycles. The molecule has 10 nitrogen and oxygen atoms in total. The Bertz CT molecular complexity index is 1130. The van der Waals surface area contributed by atoms with Crippen LogP contribution in [0.25, 0.3) is 6.08 Å². The van der Waals surface area contributed by atoms with Gasteiger partial charge >= 0.3 is 6.03 Å². The number of carbonyl (C=O) groups excluding carboxylic acids is 3. The van der Waals surface area contributed by atoms with Crippen molar-refractivity contribution in [1.29, 1.82) is 0 Å². The first-order chi connectivity index (χ1) is 15.3. The van der Waals surface area contributed by atoms with Gasteiger partial charge in [0.15, 0.2) is 11.5 Å². The van der Waals surface area contributed by atoms with Gasteiger partial charge in [-0.1, -0.05) is 18.5 Å². The maximum Gasteiger partial charge on any atom is 0.335 e. The maximum atomic E-state index is 13.0. The molecule has 2 aromatic rings. The third-order valence-electron chi connectivity index (χ3n) is 4.43. The van der Waals surface area contributed by atoms with Crippen molar-refractivity contribution in [2.75, 3.05) is 18.6 Å². The summed E-state index contributed by atoms with van der Waals surface area (Å²) in [7, 11) is 1.43. The van der Waals surface area contributed by atoms with Crippen LogP contribution in [-0.2, 0) is 9.59 Å². The molecule has 1 N–H and O–H groups in total. The highest BCUT2D eigenvalue weighted by Crippen LogP contribution is 2.37. The number of imide groups is 2. The number of ether oxygens (including phenoxy) is 2. The molecule has 11 heteroatoms. The van der Waals surface area contributed by atoms with E-state index in [9.17, 15) is 24.5 Å². The molecule has 0 atom stereocenters. The summed E-state index contributed by atoms with van der Waals surface area (Å²) in [5.74, 6) is -1.14. The Hall–Kier alpha value is -3.92. The van der Waals surface area contributed by atoms with Crippen LogP contribution in [0.5, 0.6) is 11.5 Å². The number of methoxy groups -OCH3 is 1. The smallest absolute Gasteiger partial charge is 0.335 e. The number of anilines is 1. The second kappa shape index (κ2) is 9.48. The van der Waals surface area contributed by atoms with Crippen molar-refractivity contribution in [3.8, 4) is 11.5 Å². The number of amides is 4. The van der Waals surface area contributed by atoms with Crippen LogP contribution in [0.2, 0.25) is 5.02 Å². The molecule has 4 amide bonds. The lowest BCUT2D eigenvalue weighted by Crippen LogP contribution is -2.54. The molecule has 0 saturated carbocycles. The number of barbiturate groups is 1. The quantitative estimate of drug-likeness (QED) is 0.289. The number of urea groups is 1. The Kier molecular flexibility index (Phi) is 6.74. The molecule has 0 unspecified atom stereocenters. The van der Waals surface area contributed by atoms with Gasteiger partial charge < -0.3 is 9.47 Å². The van der Waals surface area contributed by atoms with Gasteiger partial charge in [-0.3, -0.25) is 25.0 Å². The predicted molar refractivity (Wildman–Crippen MR) is 116 cm³/mol. The standard InChI is InChI=1S/C21H18ClN3O7/c1-3-8-32-18-16(22)10-12(11-17(18)31-2)9-15-19(26)23-21(28)24(20(15)27)13-4-6-14(7-5-13)25(29)30/h4-7,9-11H,3,8H2,1-2H3,(H,23,26,28)/b15-9+. The Balaban J connectivity index is 1.98. The fraction of sp³-hybridized carbons (Fsp3) is 0.190. The Morgan fingerprint density at radius 3 is 2.47 bits per heavy atom. The van der Waals surface area contributed by atoms with Gasteiger partial charge in [0, 0.05) is 12.1 Å². The third kappa shape index (κ3) is 4.54. The largest absolute Gasteiger partial charge is 0.493 e. The number of non-ortho nitro benzene ring substituents is 1. The first kappa shape index (κ1) is 22.8. The lowest BCUT2D eigenvalue weighted by molar-refractivity contribution is -0.384. The first-order valence-electron chi connectivity index (χ1n) is 9.43. The van der Waals surface area contributed by atoms with Gasteiger partial charge in [0.1, 0.15) is 5.57 Å². The summed E-state index contributed by atoms with van der Waals surface area (Å²) in [6.45, 7) is 2.36. The number of benzene rings is 2. The van der Waals surface area contributed by atoms with Gasteiger partial charge in [-0.2, -0.15) is 0 Å². The van der Waals surface area contributed by atoms with E-state index < -0.39 is 22.8 Å². The Morgan fingerprint density at radius 1 is 1.19 bits per heavy atom. The molecule has 0 aliphatic carbocycles. The van der Waals surface area contributed by atoms with Crippen molar-refractivity contribution in [2.24, 2.45) is 0 Å². The number of nitro benzene ring substituents is 1. The molecule has 166 valence electrons. The highest BCUT2D eigenvalue weighted by atomic mass is 35.5. The van der Waals surface area contributed by atoms with E-state index in [1.807, 2.05) is 6.92 Å².